The summed E-state index contributed by atoms with van der Waals surface area (Å²) in [6.07, 6.45) is 9.62. The van der Waals surface area contributed by atoms with Gasteiger partial charge in [0.05, 0.1) is 23.0 Å². The van der Waals surface area contributed by atoms with Crippen molar-refractivity contribution in [1.29, 1.82) is 5.26 Å². The van der Waals surface area contributed by atoms with Crippen LogP contribution in [0.4, 0.5) is 5.69 Å². The van der Waals surface area contributed by atoms with Gasteiger partial charge in [0, 0.05) is 46.0 Å². The van der Waals surface area contributed by atoms with Crippen LogP contribution in [-0.2, 0) is 9.53 Å². The second-order valence-electron chi connectivity index (χ2n) is 10.1. The van der Waals surface area contributed by atoms with Crippen LogP contribution >= 0.6 is 0 Å². The Labute approximate surface area is 208 Å². The molecule has 0 N–H and O–H groups in total. The van der Waals surface area contributed by atoms with E-state index in [2.05, 4.69) is 39.6 Å². The zero-order valence-electron chi connectivity index (χ0n) is 20.6. The number of hydrogen-bond acceptors (Lipinski definition) is 5. The molecule has 3 fully saturated rings. The Morgan fingerprint density at radius 2 is 2.09 bits per heavy atom. The summed E-state index contributed by atoms with van der Waals surface area (Å²) in [5, 5.41) is 10.1. The third kappa shape index (κ3) is 5.11. The summed E-state index contributed by atoms with van der Waals surface area (Å²) >= 11 is 0. The lowest BCUT2D eigenvalue weighted by atomic mass is 9.92. The summed E-state index contributed by atoms with van der Waals surface area (Å²) in [7, 11) is 1.68. The molecule has 3 aliphatic rings. The van der Waals surface area contributed by atoms with Crippen molar-refractivity contribution in [2.75, 3.05) is 38.3 Å². The maximum absolute atomic E-state index is 13.0. The van der Waals surface area contributed by atoms with Gasteiger partial charge in [0.2, 0.25) is 5.91 Å². The highest BCUT2D eigenvalue weighted by molar-refractivity contribution is 5.79. The van der Waals surface area contributed by atoms with Crippen molar-refractivity contribution in [2.45, 2.75) is 50.5 Å². The molecule has 1 aliphatic heterocycles. The first-order valence-corrected chi connectivity index (χ1v) is 12.8. The molecular weight excluding hydrogens is 436 g/mol. The molecule has 1 unspecified atom stereocenters. The summed E-state index contributed by atoms with van der Waals surface area (Å²) in [5.41, 5.74) is 6.10. The van der Waals surface area contributed by atoms with E-state index in [-0.39, 0.29) is 11.9 Å². The Morgan fingerprint density at radius 3 is 2.77 bits per heavy atom. The lowest BCUT2D eigenvalue weighted by Gasteiger charge is -2.43. The predicted octanol–water partition coefficient (Wildman–Crippen LogP) is 4.99. The van der Waals surface area contributed by atoms with Crippen molar-refractivity contribution in [3.8, 4) is 17.2 Å². The van der Waals surface area contributed by atoms with Crippen LogP contribution in [0.3, 0.4) is 0 Å². The van der Waals surface area contributed by atoms with E-state index in [1.54, 1.807) is 13.2 Å². The minimum absolute atomic E-state index is 0.227. The van der Waals surface area contributed by atoms with E-state index in [0.717, 1.165) is 42.0 Å². The van der Waals surface area contributed by atoms with Crippen LogP contribution in [0, 0.1) is 17.2 Å². The second kappa shape index (κ2) is 10.2. The van der Waals surface area contributed by atoms with E-state index in [1.165, 1.54) is 31.2 Å². The number of aromatic nitrogens is 1. The fraction of sp³-hybridized carbons (Fsp3) is 0.483. The van der Waals surface area contributed by atoms with Crippen LogP contribution < -0.4 is 4.90 Å². The maximum atomic E-state index is 13.0. The van der Waals surface area contributed by atoms with E-state index in [1.807, 2.05) is 18.3 Å². The molecule has 5 rings (SSSR count). The lowest BCUT2D eigenvalue weighted by Crippen LogP contribution is -2.56. The third-order valence-electron chi connectivity index (χ3n) is 7.59. The molecule has 1 aromatic heterocycles. The summed E-state index contributed by atoms with van der Waals surface area (Å²) in [6.45, 7) is 6.74. The highest BCUT2D eigenvalue weighted by Crippen LogP contribution is 2.47. The molecule has 1 atom stereocenters. The lowest BCUT2D eigenvalue weighted by molar-refractivity contribution is -0.134. The van der Waals surface area contributed by atoms with Crippen molar-refractivity contribution < 1.29 is 9.53 Å². The number of methoxy groups -OCH3 is 1. The zero-order valence-corrected chi connectivity index (χ0v) is 20.6. The van der Waals surface area contributed by atoms with Crippen molar-refractivity contribution >= 4 is 17.7 Å². The van der Waals surface area contributed by atoms with Crippen molar-refractivity contribution in [3.63, 3.8) is 0 Å². The van der Waals surface area contributed by atoms with E-state index in [9.17, 15) is 10.1 Å². The van der Waals surface area contributed by atoms with Gasteiger partial charge in [0.1, 0.15) is 6.07 Å². The first-order valence-electron chi connectivity index (χ1n) is 12.8. The topological polar surface area (TPSA) is 69.5 Å². The van der Waals surface area contributed by atoms with E-state index < -0.39 is 0 Å². The van der Waals surface area contributed by atoms with Gasteiger partial charge < -0.3 is 14.5 Å². The molecular formula is C29H34N4O2. The Balaban J connectivity index is 1.44. The highest BCUT2D eigenvalue weighted by Gasteiger charge is 2.41. The number of piperazine rings is 1. The molecule has 2 saturated carbocycles. The van der Waals surface area contributed by atoms with Crippen LogP contribution in [0.25, 0.3) is 17.2 Å². The van der Waals surface area contributed by atoms with E-state index in [4.69, 9.17) is 4.74 Å². The van der Waals surface area contributed by atoms with Gasteiger partial charge in [0.25, 0.3) is 0 Å². The number of ether oxygens (including phenoxy) is 1. The summed E-state index contributed by atoms with van der Waals surface area (Å²) in [6, 6.07) is 11.1. The molecule has 2 aromatic rings. The van der Waals surface area contributed by atoms with Gasteiger partial charge in [-0.1, -0.05) is 6.58 Å². The van der Waals surface area contributed by atoms with Gasteiger partial charge in [-0.15, -0.1) is 0 Å². The molecule has 6 nitrogen and oxygen atoms in total. The third-order valence-corrected chi connectivity index (χ3v) is 7.59. The Morgan fingerprint density at radius 1 is 1.26 bits per heavy atom. The summed E-state index contributed by atoms with van der Waals surface area (Å²) in [4.78, 5) is 21.8. The van der Waals surface area contributed by atoms with Crippen LogP contribution in [0.5, 0.6) is 0 Å². The molecule has 1 saturated heterocycles. The number of pyridine rings is 1. The van der Waals surface area contributed by atoms with Gasteiger partial charge >= 0.3 is 0 Å². The SMILES string of the molecule is C=Cc1cc(-c2cc(C#N)c(N3CCN(C(=O)CCCOC)C(C4CC4)C3)cc2C2CC2)ccn1. The van der Waals surface area contributed by atoms with E-state index in [0.29, 0.717) is 37.0 Å². The molecule has 0 radical (unpaired) electrons. The molecule has 1 amide bonds. The minimum Gasteiger partial charge on any atom is -0.385 e. The van der Waals surface area contributed by atoms with Gasteiger partial charge in [-0.3, -0.25) is 9.78 Å². The van der Waals surface area contributed by atoms with Gasteiger partial charge in [-0.05, 0) is 91.0 Å². The number of hydrogen-bond donors (Lipinski definition) is 0. The number of carbonyl (C=O) groups excluding carboxylic acids is 1. The minimum atomic E-state index is 0.227. The molecule has 0 bridgehead atoms. The quantitative estimate of drug-likeness (QED) is 0.483. The van der Waals surface area contributed by atoms with Crippen LogP contribution in [0.1, 0.15) is 61.3 Å². The Bertz CT molecular complexity index is 1150. The monoisotopic (exact) mass is 470 g/mol. The average molecular weight is 471 g/mol. The van der Waals surface area contributed by atoms with Crippen LogP contribution in [0.15, 0.2) is 37.0 Å². The van der Waals surface area contributed by atoms with Crippen molar-refractivity contribution in [2.24, 2.45) is 5.92 Å². The molecule has 2 heterocycles. The van der Waals surface area contributed by atoms with Crippen molar-refractivity contribution in [1.82, 2.24) is 9.88 Å². The number of anilines is 1. The fourth-order valence-corrected chi connectivity index (χ4v) is 5.40. The number of rotatable bonds is 9. The van der Waals surface area contributed by atoms with Crippen molar-refractivity contribution in [3.05, 3.63) is 53.9 Å². The zero-order chi connectivity index (χ0) is 24.4. The number of nitriles is 1. The molecule has 35 heavy (non-hydrogen) atoms. The smallest absolute Gasteiger partial charge is 0.223 e. The highest BCUT2D eigenvalue weighted by atomic mass is 16.5. The van der Waals surface area contributed by atoms with E-state index >= 15 is 0 Å². The Kier molecular flexibility index (Phi) is 6.88. The first-order chi connectivity index (χ1) is 17.1. The van der Waals surface area contributed by atoms with Gasteiger partial charge in [0.15, 0.2) is 0 Å². The number of benzene rings is 1. The first kappa shape index (κ1) is 23.6. The summed E-state index contributed by atoms with van der Waals surface area (Å²) in [5.74, 6) is 1.36. The number of carbonyl (C=O) groups is 1. The molecule has 182 valence electrons. The standard InChI is InChI=1S/C29H34N4O2/c1-3-24-15-22(10-11-31-24)25-16-23(18-30)27(17-26(25)20-6-7-20)32-12-13-33(28(19-32)21-8-9-21)29(34)5-4-14-35-2/h3,10-11,15-17,20-21,28H,1,4-9,12-14,19H2,2H3. The largest absolute Gasteiger partial charge is 0.385 e. The summed E-state index contributed by atoms with van der Waals surface area (Å²) < 4.78 is 5.14. The Hall–Kier alpha value is -3.17. The number of nitrogens with zero attached hydrogens (tertiary/aromatic N) is 4. The fourth-order valence-electron chi connectivity index (χ4n) is 5.40. The van der Waals surface area contributed by atoms with Crippen LogP contribution in [0.2, 0.25) is 0 Å². The van der Waals surface area contributed by atoms with Gasteiger partial charge in [-0.25, -0.2) is 0 Å². The molecule has 0 spiro atoms. The normalized spacial score (nSPS) is 19.9. The second-order valence-corrected chi connectivity index (χ2v) is 10.1. The maximum Gasteiger partial charge on any atom is 0.223 e. The molecule has 1 aromatic carbocycles. The number of amides is 1. The molecule has 2 aliphatic carbocycles. The predicted molar refractivity (Wildman–Crippen MR) is 138 cm³/mol. The van der Waals surface area contributed by atoms with Gasteiger partial charge in [-0.2, -0.15) is 5.26 Å². The molecule has 6 heteroatoms. The van der Waals surface area contributed by atoms with Crippen LogP contribution in [-0.4, -0.2) is 55.2 Å². The average Bonchev–Trinajstić information content (AvgIpc) is 3.81.